The van der Waals surface area contributed by atoms with E-state index in [-0.39, 0.29) is 11.7 Å². The molecule has 1 amide bonds. The summed E-state index contributed by atoms with van der Waals surface area (Å²) in [6, 6.07) is 12.8. The fraction of sp³-hybridized carbons (Fsp3) is 0.370. The Balaban J connectivity index is 1.81. The number of Topliss-reactive ketones (excluding diaryl/α,β-unsaturated/α-hetero) is 1. The van der Waals surface area contributed by atoms with Gasteiger partial charge in [0, 0.05) is 29.3 Å². The Morgan fingerprint density at radius 2 is 1.79 bits per heavy atom. The Morgan fingerprint density at radius 3 is 2.53 bits per heavy atom. The summed E-state index contributed by atoms with van der Waals surface area (Å²) >= 11 is 0. The van der Waals surface area contributed by atoms with Crippen LogP contribution in [0.3, 0.4) is 0 Å². The number of nitrogens with zero attached hydrogens (tertiary/aromatic N) is 1. The Kier molecular flexibility index (Phi) is 7.01. The molecule has 4 rings (SSSR count). The van der Waals surface area contributed by atoms with Crippen molar-refractivity contribution in [3.63, 3.8) is 0 Å². The van der Waals surface area contributed by atoms with Crippen LogP contribution < -0.4 is 19.5 Å². The predicted molar refractivity (Wildman–Crippen MR) is 131 cm³/mol. The van der Waals surface area contributed by atoms with Crippen molar-refractivity contribution < 1.29 is 23.8 Å². The molecule has 1 saturated carbocycles. The molecule has 2 atom stereocenters. The van der Waals surface area contributed by atoms with Gasteiger partial charge in [-0.05, 0) is 56.5 Å². The number of hydrogen-bond acceptors (Lipinski definition) is 6. The highest BCUT2D eigenvalue weighted by atomic mass is 16.5. The number of methoxy groups -OCH3 is 2. The van der Waals surface area contributed by atoms with Gasteiger partial charge < -0.3 is 19.5 Å². The molecule has 1 aliphatic carbocycles. The molecule has 0 aromatic heterocycles. The van der Waals surface area contributed by atoms with Crippen LogP contribution in [-0.4, -0.2) is 38.2 Å². The van der Waals surface area contributed by atoms with Gasteiger partial charge in [0.1, 0.15) is 11.5 Å². The van der Waals surface area contributed by atoms with Crippen molar-refractivity contribution in [3.8, 4) is 17.2 Å². The molecule has 7 nitrogen and oxygen atoms in total. The average Bonchev–Trinajstić information content (AvgIpc) is 2.84. The third-order valence-electron chi connectivity index (χ3n) is 6.35. The number of ether oxygens (including phenoxy) is 3. The number of aliphatic imine (C=N–C) groups is 1. The molecule has 0 saturated heterocycles. The number of para-hydroxylation sites is 2. The van der Waals surface area contributed by atoms with Crippen molar-refractivity contribution in [3.05, 3.63) is 59.3 Å². The maximum atomic E-state index is 13.7. The molecular formula is C27H30N2O5. The molecule has 2 aliphatic rings. The first-order chi connectivity index (χ1) is 16.5. The van der Waals surface area contributed by atoms with Crippen LogP contribution in [0.5, 0.6) is 17.2 Å². The van der Waals surface area contributed by atoms with Crippen LogP contribution in [0.4, 0.5) is 5.69 Å². The lowest BCUT2D eigenvalue weighted by Crippen LogP contribution is -2.39. The highest BCUT2D eigenvalue weighted by molar-refractivity contribution is 6.14. The molecule has 0 bridgehead atoms. The maximum Gasteiger partial charge on any atom is 0.254 e. The van der Waals surface area contributed by atoms with Crippen molar-refractivity contribution in [2.45, 2.75) is 39.0 Å². The summed E-state index contributed by atoms with van der Waals surface area (Å²) < 4.78 is 16.6. The SMILES string of the molecule is CCOc1ccc([C@H]2C(C(=O)Nc3ccccc3OC)=C(C)N=C3CCCC(=O)C32)cc1OC. The number of carbonyl (C=O) groups excluding carboxylic acids is 2. The predicted octanol–water partition coefficient (Wildman–Crippen LogP) is 4.92. The molecule has 1 N–H and O–H groups in total. The van der Waals surface area contributed by atoms with Gasteiger partial charge in [0.15, 0.2) is 11.5 Å². The molecule has 178 valence electrons. The van der Waals surface area contributed by atoms with Gasteiger partial charge in [0.25, 0.3) is 5.91 Å². The molecule has 7 heteroatoms. The van der Waals surface area contributed by atoms with Crippen molar-refractivity contribution in [1.29, 1.82) is 0 Å². The van der Waals surface area contributed by atoms with Gasteiger partial charge in [-0.3, -0.25) is 14.6 Å². The average molecular weight is 463 g/mol. The van der Waals surface area contributed by atoms with E-state index >= 15 is 0 Å². The zero-order valence-electron chi connectivity index (χ0n) is 20.0. The summed E-state index contributed by atoms with van der Waals surface area (Å²) in [6.07, 6.45) is 2.01. The highest BCUT2D eigenvalue weighted by Crippen LogP contribution is 2.45. The molecule has 1 heterocycles. The molecule has 2 aromatic rings. The molecule has 1 fully saturated rings. The molecule has 1 unspecified atom stereocenters. The van der Waals surface area contributed by atoms with E-state index in [9.17, 15) is 9.59 Å². The zero-order chi connectivity index (χ0) is 24.2. The van der Waals surface area contributed by atoms with Crippen LogP contribution in [0, 0.1) is 5.92 Å². The number of ketones is 1. The van der Waals surface area contributed by atoms with Crippen LogP contribution in [0.15, 0.2) is 58.7 Å². The van der Waals surface area contributed by atoms with Crippen LogP contribution in [0.25, 0.3) is 0 Å². The van der Waals surface area contributed by atoms with Crippen LogP contribution in [0.1, 0.15) is 44.6 Å². The second-order valence-corrected chi connectivity index (χ2v) is 8.38. The van der Waals surface area contributed by atoms with E-state index < -0.39 is 11.8 Å². The number of allylic oxidation sites excluding steroid dienone is 1. The number of amides is 1. The third kappa shape index (κ3) is 4.42. The normalized spacial score (nSPS) is 19.8. The summed E-state index contributed by atoms with van der Waals surface area (Å²) in [5, 5.41) is 2.97. The van der Waals surface area contributed by atoms with Gasteiger partial charge in [0.2, 0.25) is 0 Å². The van der Waals surface area contributed by atoms with Gasteiger partial charge in [-0.1, -0.05) is 18.2 Å². The monoisotopic (exact) mass is 462 g/mol. The Bertz CT molecular complexity index is 1170. The van der Waals surface area contributed by atoms with Gasteiger partial charge in [0.05, 0.1) is 32.4 Å². The molecule has 1 aliphatic heterocycles. The molecule has 0 radical (unpaired) electrons. The van der Waals surface area contributed by atoms with Crippen molar-refractivity contribution in [2.24, 2.45) is 10.9 Å². The Morgan fingerprint density at radius 1 is 1.03 bits per heavy atom. The van der Waals surface area contributed by atoms with E-state index in [1.807, 2.05) is 44.2 Å². The van der Waals surface area contributed by atoms with E-state index in [2.05, 4.69) is 5.32 Å². The third-order valence-corrected chi connectivity index (χ3v) is 6.35. The second kappa shape index (κ2) is 10.1. The maximum absolute atomic E-state index is 13.7. The first kappa shape index (κ1) is 23.5. The largest absolute Gasteiger partial charge is 0.495 e. The van der Waals surface area contributed by atoms with E-state index in [1.54, 1.807) is 26.4 Å². The number of hydrogen-bond donors (Lipinski definition) is 1. The summed E-state index contributed by atoms with van der Waals surface area (Å²) in [6.45, 7) is 4.24. The molecular weight excluding hydrogens is 432 g/mol. The minimum Gasteiger partial charge on any atom is -0.495 e. The molecule has 0 spiro atoms. The minimum atomic E-state index is -0.474. The van der Waals surface area contributed by atoms with Crippen molar-refractivity contribution >= 4 is 23.1 Å². The number of anilines is 1. The number of fused-ring (bicyclic) bond motifs is 1. The first-order valence-electron chi connectivity index (χ1n) is 11.5. The quantitative estimate of drug-likeness (QED) is 0.631. The Hall–Kier alpha value is -3.61. The lowest BCUT2D eigenvalue weighted by atomic mass is 9.69. The number of rotatable bonds is 7. The van der Waals surface area contributed by atoms with Gasteiger partial charge >= 0.3 is 0 Å². The van der Waals surface area contributed by atoms with E-state index in [0.717, 1.165) is 24.1 Å². The van der Waals surface area contributed by atoms with Crippen LogP contribution in [-0.2, 0) is 9.59 Å². The highest BCUT2D eigenvalue weighted by Gasteiger charge is 2.43. The smallest absolute Gasteiger partial charge is 0.254 e. The number of benzene rings is 2. The van der Waals surface area contributed by atoms with E-state index in [4.69, 9.17) is 19.2 Å². The lowest BCUT2D eigenvalue weighted by molar-refractivity contribution is -0.122. The van der Waals surface area contributed by atoms with E-state index in [0.29, 0.717) is 47.2 Å². The summed E-state index contributed by atoms with van der Waals surface area (Å²) in [5.41, 5.74) is 3.31. The van der Waals surface area contributed by atoms with Crippen molar-refractivity contribution in [1.82, 2.24) is 0 Å². The minimum absolute atomic E-state index is 0.109. The first-order valence-corrected chi connectivity index (χ1v) is 11.5. The summed E-state index contributed by atoms with van der Waals surface area (Å²) in [4.78, 5) is 31.6. The fourth-order valence-electron chi connectivity index (χ4n) is 4.87. The molecule has 2 aromatic carbocycles. The summed E-state index contributed by atoms with van der Waals surface area (Å²) in [5.74, 6) is 0.599. The van der Waals surface area contributed by atoms with E-state index in [1.165, 1.54) is 0 Å². The lowest BCUT2D eigenvalue weighted by Gasteiger charge is -2.36. The molecule has 34 heavy (non-hydrogen) atoms. The van der Waals surface area contributed by atoms with Gasteiger partial charge in [-0.15, -0.1) is 0 Å². The topological polar surface area (TPSA) is 86.2 Å². The van der Waals surface area contributed by atoms with Crippen LogP contribution >= 0.6 is 0 Å². The van der Waals surface area contributed by atoms with Crippen molar-refractivity contribution in [2.75, 3.05) is 26.1 Å². The number of nitrogens with one attached hydrogen (secondary N) is 1. The summed E-state index contributed by atoms with van der Waals surface area (Å²) in [7, 11) is 3.14. The Labute approximate surface area is 199 Å². The number of carbonyl (C=O) groups is 2. The zero-order valence-corrected chi connectivity index (χ0v) is 20.0. The van der Waals surface area contributed by atoms with Crippen LogP contribution in [0.2, 0.25) is 0 Å². The second-order valence-electron chi connectivity index (χ2n) is 8.38. The fourth-order valence-corrected chi connectivity index (χ4v) is 4.87. The standard InChI is InChI=1S/C27H30N2O5/c1-5-34-22-14-13-17(15-23(22)33-4)25-24(16(2)28-19-10-8-11-20(30)26(19)25)27(31)29-18-9-6-7-12-21(18)32-3/h6-7,9,12-15,25-26H,5,8,10-11H2,1-4H3,(H,29,31)/t25-,26?/m0/s1. The van der Waals surface area contributed by atoms with Gasteiger partial charge in [-0.2, -0.15) is 0 Å². The van der Waals surface area contributed by atoms with Gasteiger partial charge in [-0.25, -0.2) is 0 Å².